The summed E-state index contributed by atoms with van der Waals surface area (Å²) in [5.41, 5.74) is -2.24. The Hall–Kier alpha value is -3.30. The number of nitrogens with zero attached hydrogens (tertiary/aromatic N) is 2. The molecule has 0 amide bonds. The van der Waals surface area contributed by atoms with Gasteiger partial charge in [-0.1, -0.05) is 12.1 Å². The average molecular weight is 398 g/mol. The second kappa shape index (κ2) is 6.11. The summed E-state index contributed by atoms with van der Waals surface area (Å²) < 4.78 is 88.8. The molecule has 4 nitrogen and oxygen atoms in total. The summed E-state index contributed by atoms with van der Waals surface area (Å²) in [7, 11) is 0. The van der Waals surface area contributed by atoms with E-state index < -0.39 is 29.2 Å². The van der Waals surface area contributed by atoms with Gasteiger partial charge in [0.2, 0.25) is 5.58 Å². The Bertz CT molecular complexity index is 1150. The molecule has 0 fully saturated rings. The van der Waals surface area contributed by atoms with Crippen LogP contribution in [-0.4, -0.2) is 9.97 Å². The van der Waals surface area contributed by atoms with E-state index in [4.69, 9.17) is 9.15 Å². The first kappa shape index (κ1) is 18.1. The van der Waals surface area contributed by atoms with Crippen molar-refractivity contribution in [1.29, 1.82) is 0 Å². The molecule has 0 aliphatic rings. The molecule has 0 spiro atoms. The number of hydrogen-bond acceptors (Lipinski definition) is 4. The van der Waals surface area contributed by atoms with Crippen LogP contribution in [0.1, 0.15) is 11.1 Å². The molecule has 10 heteroatoms. The van der Waals surface area contributed by atoms with E-state index in [0.29, 0.717) is 28.6 Å². The molecule has 2 aromatic carbocycles. The Morgan fingerprint density at radius 1 is 0.821 bits per heavy atom. The second-order valence-corrected chi connectivity index (χ2v) is 5.80. The Kier molecular flexibility index (Phi) is 3.95. The third kappa shape index (κ3) is 3.21. The van der Waals surface area contributed by atoms with Gasteiger partial charge in [0.25, 0.3) is 5.88 Å². The van der Waals surface area contributed by atoms with Gasteiger partial charge >= 0.3 is 12.4 Å². The monoisotopic (exact) mass is 398 g/mol. The highest BCUT2D eigenvalue weighted by Crippen LogP contribution is 2.40. The zero-order chi connectivity index (χ0) is 20.1. The maximum absolute atomic E-state index is 13.0. The SMILES string of the molecule is FC(F)(F)c1cc(Oc2ncnc3c2oc2ccccc23)cc(C(F)(F)F)c1. The van der Waals surface area contributed by atoms with Crippen molar-refractivity contribution in [2.24, 2.45) is 0 Å². The van der Waals surface area contributed by atoms with Gasteiger partial charge in [-0.05, 0) is 30.3 Å². The van der Waals surface area contributed by atoms with Gasteiger partial charge < -0.3 is 9.15 Å². The molecule has 0 radical (unpaired) electrons. The minimum absolute atomic E-state index is 0.00895. The molecule has 28 heavy (non-hydrogen) atoms. The summed E-state index contributed by atoms with van der Waals surface area (Å²) in [5, 5.41) is 0.602. The molecule has 0 bridgehead atoms. The summed E-state index contributed by atoms with van der Waals surface area (Å²) in [6.07, 6.45) is -8.89. The van der Waals surface area contributed by atoms with E-state index in [-0.39, 0.29) is 17.5 Å². The van der Waals surface area contributed by atoms with Gasteiger partial charge in [0.1, 0.15) is 23.2 Å². The van der Waals surface area contributed by atoms with Crippen LogP contribution in [0.4, 0.5) is 26.3 Å². The molecular formula is C18H8F6N2O2. The first-order chi connectivity index (χ1) is 13.1. The van der Waals surface area contributed by atoms with Gasteiger partial charge in [0, 0.05) is 5.39 Å². The molecule has 144 valence electrons. The van der Waals surface area contributed by atoms with Crippen molar-refractivity contribution in [2.45, 2.75) is 12.4 Å². The fraction of sp³-hybridized carbons (Fsp3) is 0.111. The predicted octanol–water partition coefficient (Wildman–Crippen LogP) is 6.21. The number of alkyl halides is 6. The molecule has 0 saturated carbocycles. The largest absolute Gasteiger partial charge is 0.449 e. The summed E-state index contributed by atoms with van der Waals surface area (Å²) in [4.78, 5) is 7.83. The van der Waals surface area contributed by atoms with E-state index in [2.05, 4.69) is 9.97 Å². The van der Waals surface area contributed by atoms with Crippen molar-refractivity contribution < 1.29 is 35.5 Å². The fourth-order valence-electron chi connectivity index (χ4n) is 2.67. The quantitative estimate of drug-likeness (QED) is 0.377. The predicted molar refractivity (Wildman–Crippen MR) is 85.8 cm³/mol. The lowest BCUT2D eigenvalue weighted by atomic mass is 10.1. The van der Waals surface area contributed by atoms with Crippen LogP contribution in [0.25, 0.3) is 22.1 Å². The standard InChI is InChI=1S/C18H8F6N2O2/c19-17(20,21)9-5-10(18(22,23)24)7-11(6-9)27-16-15-14(25-8-26-16)12-3-1-2-4-13(12)28-15/h1-8H. The molecule has 0 aliphatic carbocycles. The molecule has 4 rings (SSSR count). The number of hydrogen-bond donors (Lipinski definition) is 0. The van der Waals surface area contributed by atoms with E-state index in [1.54, 1.807) is 24.3 Å². The Labute approximate surface area is 152 Å². The number of halogens is 6. The van der Waals surface area contributed by atoms with Crippen LogP contribution in [0, 0.1) is 0 Å². The van der Waals surface area contributed by atoms with Gasteiger partial charge in [-0.2, -0.15) is 31.3 Å². The van der Waals surface area contributed by atoms with Crippen LogP contribution < -0.4 is 4.74 Å². The second-order valence-electron chi connectivity index (χ2n) is 5.80. The molecule has 2 heterocycles. The molecule has 2 aromatic heterocycles. The highest BCUT2D eigenvalue weighted by atomic mass is 19.4. The lowest BCUT2D eigenvalue weighted by Gasteiger charge is -2.14. The minimum atomic E-state index is -4.99. The van der Waals surface area contributed by atoms with Gasteiger partial charge in [-0.3, -0.25) is 0 Å². The van der Waals surface area contributed by atoms with E-state index in [1.807, 2.05) is 0 Å². The van der Waals surface area contributed by atoms with Crippen LogP contribution in [0.15, 0.2) is 53.2 Å². The maximum atomic E-state index is 13.0. The summed E-state index contributed by atoms with van der Waals surface area (Å²) in [6, 6.07) is 7.70. The van der Waals surface area contributed by atoms with Crippen LogP contribution in [0.2, 0.25) is 0 Å². The van der Waals surface area contributed by atoms with Gasteiger partial charge in [0.05, 0.1) is 11.1 Å². The molecule has 4 aromatic rings. The minimum Gasteiger partial charge on any atom is -0.449 e. The van der Waals surface area contributed by atoms with Crippen LogP contribution in [0.5, 0.6) is 11.6 Å². The number of fused-ring (bicyclic) bond motifs is 3. The Balaban J connectivity index is 1.85. The topological polar surface area (TPSA) is 48.2 Å². The maximum Gasteiger partial charge on any atom is 0.416 e. The lowest BCUT2D eigenvalue weighted by molar-refractivity contribution is -0.143. The first-order valence-corrected chi connectivity index (χ1v) is 7.72. The molecule has 0 aliphatic heterocycles. The molecule has 0 atom stereocenters. The van der Waals surface area contributed by atoms with Crippen molar-refractivity contribution in [1.82, 2.24) is 9.97 Å². The Morgan fingerprint density at radius 3 is 2.11 bits per heavy atom. The number of benzene rings is 2. The highest BCUT2D eigenvalue weighted by molar-refractivity contribution is 6.03. The van der Waals surface area contributed by atoms with Crippen LogP contribution in [0.3, 0.4) is 0 Å². The zero-order valence-electron chi connectivity index (χ0n) is 13.6. The third-order valence-electron chi connectivity index (χ3n) is 3.90. The van der Waals surface area contributed by atoms with E-state index in [1.165, 1.54) is 0 Å². The molecule has 0 unspecified atom stereocenters. The lowest BCUT2D eigenvalue weighted by Crippen LogP contribution is -2.11. The number of furan rings is 1. The van der Waals surface area contributed by atoms with Crippen molar-refractivity contribution in [3.8, 4) is 11.6 Å². The smallest absolute Gasteiger partial charge is 0.416 e. The molecule has 0 saturated heterocycles. The summed E-state index contributed by atoms with van der Waals surface area (Å²) in [6.45, 7) is 0. The normalized spacial score (nSPS) is 12.6. The first-order valence-electron chi connectivity index (χ1n) is 7.72. The van der Waals surface area contributed by atoms with E-state index in [0.717, 1.165) is 6.33 Å². The van der Waals surface area contributed by atoms with Gasteiger partial charge in [-0.25, -0.2) is 4.98 Å². The Morgan fingerprint density at radius 2 is 1.46 bits per heavy atom. The van der Waals surface area contributed by atoms with Gasteiger partial charge in [-0.15, -0.1) is 0 Å². The zero-order valence-corrected chi connectivity index (χ0v) is 13.6. The highest BCUT2D eigenvalue weighted by Gasteiger charge is 2.37. The number of para-hydroxylation sites is 1. The van der Waals surface area contributed by atoms with E-state index in [9.17, 15) is 26.3 Å². The van der Waals surface area contributed by atoms with Crippen molar-refractivity contribution in [2.75, 3.05) is 0 Å². The summed E-state index contributed by atoms with van der Waals surface area (Å²) in [5.74, 6) is -0.976. The third-order valence-corrected chi connectivity index (χ3v) is 3.90. The van der Waals surface area contributed by atoms with Crippen molar-refractivity contribution in [3.63, 3.8) is 0 Å². The van der Waals surface area contributed by atoms with Crippen molar-refractivity contribution in [3.05, 3.63) is 59.9 Å². The number of rotatable bonds is 2. The molecular weight excluding hydrogens is 390 g/mol. The summed E-state index contributed by atoms with van der Waals surface area (Å²) >= 11 is 0. The molecule has 0 N–H and O–H groups in total. The fourth-order valence-corrected chi connectivity index (χ4v) is 2.67. The van der Waals surface area contributed by atoms with Gasteiger partial charge in [0.15, 0.2) is 0 Å². The van der Waals surface area contributed by atoms with Crippen molar-refractivity contribution >= 4 is 22.1 Å². The number of aromatic nitrogens is 2. The average Bonchev–Trinajstić information content (AvgIpc) is 3.00. The van der Waals surface area contributed by atoms with E-state index >= 15 is 0 Å². The van der Waals surface area contributed by atoms with Crippen LogP contribution >= 0.6 is 0 Å². The van der Waals surface area contributed by atoms with Crippen LogP contribution in [-0.2, 0) is 12.4 Å². The number of ether oxygens (including phenoxy) is 1.